The van der Waals surface area contributed by atoms with Gasteiger partial charge in [-0.3, -0.25) is 0 Å². The van der Waals surface area contributed by atoms with Crippen molar-refractivity contribution in [3.05, 3.63) is 50.3 Å². The Hall–Kier alpha value is -1.95. The second kappa shape index (κ2) is 8.89. The number of aryl methyl sites for hydroxylation is 1. The predicted molar refractivity (Wildman–Crippen MR) is 129 cm³/mol. The first-order valence-corrected chi connectivity index (χ1v) is 12.5. The summed E-state index contributed by atoms with van der Waals surface area (Å²) >= 11 is 6.54. The van der Waals surface area contributed by atoms with Crippen LogP contribution in [0.2, 0.25) is 0 Å². The summed E-state index contributed by atoms with van der Waals surface area (Å²) in [4.78, 5) is 14.6. The normalized spacial score (nSPS) is 16.5. The summed E-state index contributed by atoms with van der Waals surface area (Å²) in [5.74, 6) is 1.25. The number of fused-ring (bicyclic) bond motifs is 1. The monoisotopic (exact) mass is 514 g/mol. The third kappa shape index (κ3) is 4.94. The van der Waals surface area contributed by atoms with Crippen molar-refractivity contribution in [1.82, 2.24) is 9.97 Å². The molecule has 1 aliphatic rings. The van der Waals surface area contributed by atoms with Crippen molar-refractivity contribution in [1.29, 1.82) is 5.26 Å². The van der Waals surface area contributed by atoms with E-state index < -0.39 is 0 Å². The van der Waals surface area contributed by atoms with Crippen LogP contribution in [-0.2, 0) is 12.8 Å². The van der Waals surface area contributed by atoms with Crippen LogP contribution in [0.4, 0.5) is 5.00 Å². The number of furan rings is 1. The molecule has 0 spiro atoms. The van der Waals surface area contributed by atoms with Crippen LogP contribution in [0.3, 0.4) is 0 Å². The van der Waals surface area contributed by atoms with E-state index in [1.165, 1.54) is 22.2 Å². The molecular formula is C23H23BrN4OS2. The highest BCUT2D eigenvalue weighted by molar-refractivity contribution is 9.10. The highest BCUT2D eigenvalue weighted by Gasteiger charge is 2.32. The van der Waals surface area contributed by atoms with E-state index in [4.69, 9.17) is 4.42 Å². The fourth-order valence-corrected chi connectivity index (χ4v) is 6.23. The predicted octanol–water partition coefficient (Wildman–Crippen LogP) is 7.13. The zero-order valence-corrected chi connectivity index (χ0v) is 21.1. The van der Waals surface area contributed by atoms with E-state index >= 15 is 0 Å². The smallest absolute Gasteiger partial charge is 0.195 e. The van der Waals surface area contributed by atoms with Gasteiger partial charge in [0, 0.05) is 22.8 Å². The minimum Gasteiger partial charge on any atom is -0.447 e. The summed E-state index contributed by atoms with van der Waals surface area (Å²) < 4.78 is 6.75. The van der Waals surface area contributed by atoms with Crippen molar-refractivity contribution in [3.8, 4) is 6.07 Å². The molecule has 0 saturated heterocycles. The number of hydrogen-bond donors (Lipinski definition) is 0. The van der Waals surface area contributed by atoms with E-state index in [2.05, 4.69) is 57.7 Å². The van der Waals surface area contributed by atoms with E-state index in [0.29, 0.717) is 21.9 Å². The third-order valence-electron chi connectivity index (χ3n) is 5.52. The third-order valence-corrected chi connectivity index (χ3v) is 8.41. The molecule has 0 radical (unpaired) electrons. The van der Waals surface area contributed by atoms with Crippen LogP contribution >= 0.6 is 39.0 Å². The van der Waals surface area contributed by atoms with Gasteiger partial charge in [-0.1, -0.05) is 20.8 Å². The van der Waals surface area contributed by atoms with Gasteiger partial charge in [0.15, 0.2) is 10.2 Å². The molecule has 160 valence electrons. The maximum atomic E-state index is 9.76. The van der Waals surface area contributed by atoms with Gasteiger partial charge in [-0.2, -0.15) is 5.26 Å². The average Bonchev–Trinajstić information content (AvgIpc) is 3.24. The Bertz CT molecular complexity index is 1180. The van der Waals surface area contributed by atoms with Crippen molar-refractivity contribution < 1.29 is 4.42 Å². The van der Waals surface area contributed by atoms with Gasteiger partial charge in [0.2, 0.25) is 0 Å². The van der Waals surface area contributed by atoms with Gasteiger partial charge in [-0.05, 0) is 76.8 Å². The van der Waals surface area contributed by atoms with Crippen molar-refractivity contribution >= 4 is 50.2 Å². The highest BCUT2D eigenvalue weighted by atomic mass is 79.9. The molecule has 0 bridgehead atoms. The fourth-order valence-electron chi connectivity index (χ4n) is 3.70. The van der Waals surface area contributed by atoms with E-state index in [0.717, 1.165) is 40.0 Å². The fraction of sp³-hybridized carbons (Fsp3) is 0.391. The lowest BCUT2D eigenvalue weighted by atomic mass is 9.72. The van der Waals surface area contributed by atoms with Crippen molar-refractivity contribution in [2.24, 2.45) is 16.3 Å². The van der Waals surface area contributed by atoms with Crippen LogP contribution in [0.15, 0.2) is 42.5 Å². The number of thiophene rings is 1. The quantitative estimate of drug-likeness (QED) is 0.273. The number of halogens is 1. The number of nitrogens with zero attached hydrogens (tertiary/aromatic N) is 4. The van der Waals surface area contributed by atoms with Crippen LogP contribution in [0.5, 0.6) is 0 Å². The van der Waals surface area contributed by atoms with Crippen LogP contribution in [-0.4, -0.2) is 16.2 Å². The van der Waals surface area contributed by atoms with E-state index in [1.54, 1.807) is 23.7 Å². The summed E-state index contributed by atoms with van der Waals surface area (Å²) in [6, 6.07) is 6.11. The van der Waals surface area contributed by atoms with Crippen molar-refractivity contribution in [3.63, 3.8) is 0 Å². The summed E-state index contributed by atoms with van der Waals surface area (Å²) in [5, 5.41) is 11.8. The standard InChI is InChI=1S/C23H23BrN4OS2/c1-13-7-8-26-22(28-13)31-21-18(24)10-15(29-21)12-27-20-17(11-25)16-6-5-14(23(2,3)4)9-19(16)30-20/h7-8,10,12,14H,5-6,9H2,1-4H3/t14-/m1/s1. The molecule has 0 aromatic carbocycles. The molecular weight excluding hydrogens is 492 g/mol. The number of aliphatic imine (C=N–C) groups is 1. The molecule has 0 unspecified atom stereocenters. The Labute approximate surface area is 199 Å². The van der Waals surface area contributed by atoms with Gasteiger partial charge in [0.25, 0.3) is 0 Å². The first kappa shape index (κ1) is 22.3. The molecule has 0 aliphatic heterocycles. The maximum Gasteiger partial charge on any atom is 0.195 e. The Kier molecular flexibility index (Phi) is 6.38. The number of aromatic nitrogens is 2. The summed E-state index contributed by atoms with van der Waals surface area (Å²) in [5.41, 5.74) is 3.08. The van der Waals surface area contributed by atoms with Gasteiger partial charge in [-0.15, -0.1) is 11.3 Å². The number of nitriles is 1. The Morgan fingerprint density at radius 3 is 2.94 bits per heavy atom. The Morgan fingerprint density at radius 1 is 1.42 bits per heavy atom. The Balaban J connectivity index is 1.56. The molecule has 1 atom stereocenters. The first-order valence-electron chi connectivity index (χ1n) is 10.1. The number of rotatable bonds is 4. The zero-order chi connectivity index (χ0) is 22.2. The lowest BCUT2D eigenvalue weighted by Crippen LogP contribution is -2.26. The molecule has 1 aliphatic carbocycles. The maximum absolute atomic E-state index is 9.76. The summed E-state index contributed by atoms with van der Waals surface area (Å²) in [6.07, 6.45) is 6.52. The van der Waals surface area contributed by atoms with Crippen LogP contribution in [0, 0.1) is 29.6 Å². The highest BCUT2D eigenvalue weighted by Crippen LogP contribution is 2.45. The Morgan fingerprint density at radius 2 is 2.23 bits per heavy atom. The largest absolute Gasteiger partial charge is 0.447 e. The van der Waals surface area contributed by atoms with Crippen molar-refractivity contribution in [2.75, 3.05) is 0 Å². The minimum atomic E-state index is 0.271. The lowest BCUT2D eigenvalue weighted by molar-refractivity contribution is 0.218. The summed E-state index contributed by atoms with van der Waals surface area (Å²) in [6.45, 7) is 8.82. The molecule has 5 nitrogen and oxygen atoms in total. The van der Waals surface area contributed by atoms with E-state index in [-0.39, 0.29) is 5.41 Å². The molecule has 0 N–H and O–H groups in total. The zero-order valence-electron chi connectivity index (χ0n) is 17.9. The molecule has 0 saturated carbocycles. The molecule has 3 aromatic rings. The molecule has 0 amide bonds. The second-order valence-corrected chi connectivity index (χ2v) is 11.6. The van der Waals surface area contributed by atoms with Gasteiger partial charge in [0.1, 0.15) is 16.8 Å². The van der Waals surface area contributed by atoms with E-state index in [1.807, 2.05) is 19.1 Å². The first-order chi connectivity index (χ1) is 14.7. The molecule has 3 heterocycles. The minimum absolute atomic E-state index is 0.271. The molecule has 0 fully saturated rings. The molecule has 4 rings (SSSR count). The van der Waals surface area contributed by atoms with Gasteiger partial charge in [-0.25, -0.2) is 15.0 Å². The summed E-state index contributed by atoms with van der Waals surface area (Å²) in [7, 11) is 0. The lowest BCUT2D eigenvalue weighted by Gasteiger charge is -2.33. The van der Waals surface area contributed by atoms with Crippen LogP contribution in [0.1, 0.15) is 54.7 Å². The second-order valence-electron chi connectivity index (χ2n) is 8.73. The van der Waals surface area contributed by atoms with Gasteiger partial charge in [0.05, 0.1) is 16.3 Å². The SMILES string of the molecule is Cc1ccnc(Sc2oc(C=Nc3sc4c(c3C#N)CC[C@@H](C(C)(C)C)C4)cc2Br)n1. The topological polar surface area (TPSA) is 75.1 Å². The molecule has 8 heteroatoms. The van der Waals surface area contributed by atoms with Crippen LogP contribution in [0.25, 0.3) is 0 Å². The van der Waals surface area contributed by atoms with Crippen molar-refractivity contribution in [2.45, 2.75) is 57.2 Å². The molecule has 3 aromatic heterocycles. The molecule has 31 heavy (non-hydrogen) atoms. The average molecular weight is 516 g/mol. The van der Waals surface area contributed by atoms with Gasteiger partial charge >= 0.3 is 0 Å². The van der Waals surface area contributed by atoms with E-state index in [9.17, 15) is 5.26 Å². The van der Waals surface area contributed by atoms with Crippen LogP contribution < -0.4 is 0 Å². The number of hydrogen-bond acceptors (Lipinski definition) is 7. The van der Waals surface area contributed by atoms with Gasteiger partial charge < -0.3 is 4.42 Å².